The van der Waals surface area contributed by atoms with E-state index in [1.54, 1.807) is 25.2 Å². The molecule has 0 unspecified atom stereocenters. The molecule has 1 aliphatic carbocycles. The van der Waals surface area contributed by atoms with E-state index in [4.69, 9.17) is 17.3 Å². The van der Waals surface area contributed by atoms with Crippen molar-refractivity contribution in [2.75, 3.05) is 25.1 Å². The highest BCUT2D eigenvalue weighted by atomic mass is 35.5. The van der Waals surface area contributed by atoms with E-state index in [1.807, 2.05) is 0 Å². The topological polar surface area (TPSA) is 122 Å². The van der Waals surface area contributed by atoms with Crippen molar-refractivity contribution < 1.29 is 18.8 Å². The summed E-state index contributed by atoms with van der Waals surface area (Å²) < 4.78 is 15.0. The molecule has 2 fully saturated rings. The number of hydrogen-bond acceptors (Lipinski definition) is 6. The van der Waals surface area contributed by atoms with Crippen LogP contribution >= 0.6 is 11.6 Å². The number of urea groups is 1. The van der Waals surface area contributed by atoms with Crippen LogP contribution in [0.25, 0.3) is 21.9 Å². The molecule has 9 nitrogen and oxygen atoms in total. The van der Waals surface area contributed by atoms with Crippen LogP contribution in [-0.4, -0.2) is 57.2 Å². The Bertz CT molecular complexity index is 1500. The minimum atomic E-state index is -0.844. The number of anilines is 2. The lowest BCUT2D eigenvalue weighted by Gasteiger charge is -2.36. The van der Waals surface area contributed by atoms with E-state index in [9.17, 15) is 14.4 Å². The average Bonchev–Trinajstić information content (AvgIpc) is 3.04. The van der Waals surface area contributed by atoms with E-state index in [0.717, 1.165) is 10.5 Å². The molecule has 1 aliphatic heterocycles. The number of hydrogen-bond donors (Lipinski definition) is 2. The maximum Gasteiger partial charge on any atom is 0.327 e. The fourth-order valence-electron chi connectivity index (χ4n) is 5.11. The summed E-state index contributed by atoms with van der Waals surface area (Å²) in [7, 11) is 3.13. The van der Waals surface area contributed by atoms with Gasteiger partial charge in [-0.15, -0.1) is 0 Å². The lowest BCUT2D eigenvalue weighted by atomic mass is 9.78. The number of nitrogens with two attached hydrogens (primary N) is 1. The number of benzene rings is 1. The van der Waals surface area contributed by atoms with Gasteiger partial charge in [-0.1, -0.05) is 17.2 Å². The second-order valence-electron chi connectivity index (χ2n) is 9.33. The number of allylic oxidation sites excluding steroid dienone is 1. The molecule has 3 aromatic rings. The monoisotopic (exact) mass is 522 g/mol. The number of carbonyl (C=O) groups excluding carboxylic acids is 3. The second-order valence-corrected chi connectivity index (χ2v) is 9.73. The molecule has 37 heavy (non-hydrogen) atoms. The van der Waals surface area contributed by atoms with E-state index >= 15 is 4.39 Å². The number of nitrogens with zero attached hydrogens (tertiary/aromatic N) is 4. The summed E-state index contributed by atoms with van der Waals surface area (Å²) in [6, 6.07) is 4.45. The molecule has 4 amide bonds. The summed E-state index contributed by atoms with van der Waals surface area (Å²) >= 11 is 6.23. The van der Waals surface area contributed by atoms with E-state index in [-0.39, 0.29) is 34.9 Å². The Morgan fingerprint density at radius 3 is 2.57 bits per heavy atom. The normalized spacial score (nSPS) is 19.7. The zero-order chi connectivity index (χ0) is 26.5. The van der Waals surface area contributed by atoms with Gasteiger partial charge in [0.05, 0.1) is 10.7 Å². The molecule has 0 atom stereocenters. The molecule has 1 saturated heterocycles. The molecule has 190 valence electrons. The minimum absolute atomic E-state index is 0.0772. The summed E-state index contributed by atoms with van der Waals surface area (Å²) in [5.41, 5.74) is 6.60. The molecule has 1 aromatic carbocycles. The highest BCUT2D eigenvalue weighted by Crippen LogP contribution is 2.41. The molecular formula is C26H24ClFN6O3. The lowest BCUT2D eigenvalue weighted by Crippen LogP contribution is -2.49. The highest BCUT2D eigenvalue weighted by Gasteiger charge is 2.54. The summed E-state index contributed by atoms with van der Waals surface area (Å²) in [6.45, 7) is 0. The van der Waals surface area contributed by atoms with E-state index < -0.39 is 11.4 Å². The van der Waals surface area contributed by atoms with Gasteiger partial charge in [0.2, 0.25) is 5.91 Å². The average molecular weight is 523 g/mol. The lowest BCUT2D eigenvalue weighted by molar-refractivity contribution is -0.133. The van der Waals surface area contributed by atoms with Gasteiger partial charge in [-0.3, -0.25) is 19.5 Å². The predicted octanol–water partition coefficient (Wildman–Crippen LogP) is 4.37. The molecule has 1 saturated carbocycles. The number of rotatable bonds is 3. The first-order valence-electron chi connectivity index (χ1n) is 11.7. The van der Waals surface area contributed by atoms with E-state index in [1.165, 1.54) is 36.6 Å². The van der Waals surface area contributed by atoms with Crippen LogP contribution in [0.2, 0.25) is 5.02 Å². The Morgan fingerprint density at radius 2 is 1.92 bits per heavy atom. The third-order valence-corrected chi connectivity index (χ3v) is 7.61. The molecule has 2 aromatic heterocycles. The Kier molecular flexibility index (Phi) is 6.07. The SMILES string of the molecule is CN1C(=O)N(C)C2(CCC(=CC(=O)Nc3cc4cc(-c5cnccc5Cl)c(F)c(N)c4cn3)CC2)C1=O. The van der Waals surface area contributed by atoms with Crippen LogP contribution in [0, 0.1) is 5.82 Å². The van der Waals surface area contributed by atoms with Gasteiger partial charge < -0.3 is 16.0 Å². The second kappa shape index (κ2) is 9.11. The van der Waals surface area contributed by atoms with Crippen LogP contribution < -0.4 is 11.1 Å². The van der Waals surface area contributed by atoms with E-state index in [2.05, 4.69) is 15.3 Å². The van der Waals surface area contributed by atoms with E-state index in [0.29, 0.717) is 47.0 Å². The van der Waals surface area contributed by atoms with Gasteiger partial charge in [0, 0.05) is 55.3 Å². The molecule has 2 aliphatic rings. The summed E-state index contributed by atoms with van der Waals surface area (Å²) in [5.74, 6) is -0.928. The van der Waals surface area contributed by atoms with Gasteiger partial charge in [-0.2, -0.15) is 0 Å². The third kappa shape index (κ3) is 4.07. The number of halogens is 2. The first kappa shape index (κ1) is 24.6. The number of likely N-dealkylation sites (N-methyl/N-ethyl adjacent to an activating group) is 2. The number of imide groups is 1. The van der Waals surface area contributed by atoms with Gasteiger partial charge in [-0.05, 0) is 49.3 Å². The number of nitrogen functional groups attached to an aromatic ring is 1. The van der Waals surface area contributed by atoms with Gasteiger partial charge in [-0.25, -0.2) is 14.2 Å². The van der Waals surface area contributed by atoms with Crippen molar-refractivity contribution in [3.8, 4) is 11.1 Å². The van der Waals surface area contributed by atoms with Crippen LogP contribution in [0.5, 0.6) is 0 Å². The quantitative estimate of drug-likeness (QED) is 0.299. The molecule has 3 N–H and O–H groups in total. The Hall–Kier alpha value is -4.05. The van der Waals surface area contributed by atoms with Crippen molar-refractivity contribution in [1.82, 2.24) is 19.8 Å². The molecule has 0 radical (unpaired) electrons. The molecule has 11 heteroatoms. The minimum Gasteiger partial charge on any atom is -0.396 e. The summed E-state index contributed by atoms with van der Waals surface area (Å²) in [5, 5.41) is 4.05. The number of pyridine rings is 2. The van der Waals surface area contributed by atoms with Crippen molar-refractivity contribution in [2.24, 2.45) is 0 Å². The number of amides is 4. The number of aromatic nitrogens is 2. The van der Waals surface area contributed by atoms with Crippen LogP contribution in [0.3, 0.4) is 0 Å². The molecular weight excluding hydrogens is 499 g/mol. The summed E-state index contributed by atoms with van der Waals surface area (Å²) in [6.07, 6.45) is 7.82. The van der Waals surface area contributed by atoms with Gasteiger partial charge in [0.1, 0.15) is 11.4 Å². The number of carbonyl (C=O) groups is 3. The first-order valence-corrected chi connectivity index (χ1v) is 12.0. The molecule has 1 spiro atoms. The fourth-order valence-corrected chi connectivity index (χ4v) is 5.32. The Balaban J connectivity index is 1.35. The van der Waals surface area contributed by atoms with Crippen LogP contribution in [0.1, 0.15) is 25.7 Å². The van der Waals surface area contributed by atoms with Gasteiger partial charge >= 0.3 is 6.03 Å². The molecule has 3 heterocycles. The van der Waals surface area contributed by atoms with Crippen molar-refractivity contribution in [3.05, 3.63) is 59.3 Å². The number of nitrogens with one attached hydrogen (secondary N) is 1. The van der Waals surface area contributed by atoms with Gasteiger partial charge in [0.15, 0.2) is 5.82 Å². The maximum atomic E-state index is 15.0. The van der Waals surface area contributed by atoms with Crippen LogP contribution in [-0.2, 0) is 9.59 Å². The Labute approximate surface area is 217 Å². The largest absolute Gasteiger partial charge is 0.396 e. The van der Waals surface area contributed by atoms with Crippen molar-refractivity contribution in [3.63, 3.8) is 0 Å². The van der Waals surface area contributed by atoms with Crippen LogP contribution in [0.15, 0.2) is 48.4 Å². The predicted molar refractivity (Wildman–Crippen MR) is 138 cm³/mol. The van der Waals surface area contributed by atoms with Crippen molar-refractivity contribution >= 4 is 51.7 Å². The zero-order valence-electron chi connectivity index (χ0n) is 20.2. The first-order chi connectivity index (χ1) is 17.6. The number of fused-ring (bicyclic) bond motifs is 1. The van der Waals surface area contributed by atoms with Crippen LogP contribution in [0.4, 0.5) is 20.7 Å². The fraction of sp³-hybridized carbons (Fsp3) is 0.269. The van der Waals surface area contributed by atoms with Crippen molar-refractivity contribution in [1.29, 1.82) is 0 Å². The zero-order valence-corrected chi connectivity index (χ0v) is 21.0. The Morgan fingerprint density at radius 1 is 1.19 bits per heavy atom. The highest BCUT2D eigenvalue weighted by molar-refractivity contribution is 6.33. The molecule has 0 bridgehead atoms. The van der Waals surface area contributed by atoms with Crippen molar-refractivity contribution in [2.45, 2.75) is 31.2 Å². The summed E-state index contributed by atoms with van der Waals surface area (Å²) in [4.78, 5) is 48.5. The third-order valence-electron chi connectivity index (χ3n) is 7.28. The van der Waals surface area contributed by atoms with Gasteiger partial charge in [0.25, 0.3) is 5.91 Å². The molecule has 5 rings (SSSR count). The maximum absolute atomic E-state index is 15.0. The standard InChI is InChI=1S/C26H24ClFN6O3/c1-33-24(36)26(34(2)25(33)37)6-3-14(4-7-26)9-21(35)32-20-11-15-10-16(18-12-30-8-5-19(18)27)22(28)23(29)17(15)13-31-20/h5,8-13H,3-4,6-7,29H2,1-2H3,(H,31,32,35). The smallest absolute Gasteiger partial charge is 0.327 e.